The number of nitrogens with zero attached hydrogens (tertiary/aromatic N) is 2. The van der Waals surface area contributed by atoms with Crippen molar-refractivity contribution >= 4 is 29.6 Å². The number of nitrogens with one attached hydrogen (secondary N) is 5. The van der Waals surface area contributed by atoms with Gasteiger partial charge in [0, 0.05) is 36.6 Å². The summed E-state index contributed by atoms with van der Waals surface area (Å²) >= 11 is 0. The summed E-state index contributed by atoms with van der Waals surface area (Å²) in [5, 5.41) is 16.7. The van der Waals surface area contributed by atoms with E-state index in [-0.39, 0.29) is 18.8 Å². The van der Waals surface area contributed by atoms with Crippen LogP contribution in [0.15, 0.2) is 25.0 Å². The molecule has 2 heterocycles. The minimum atomic E-state index is -1.50. The molecular weight excluding hydrogens is 474 g/mol. The third-order valence-electron chi connectivity index (χ3n) is 5.26. The van der Waals surface area contributed by atoms with Gasteiger partial charge < -0.3 is 42.5 Å². The predicted octanol–water partition coefficient (Wildman–Crippen LogP) is -2.68. The minimum absolute atomic E-state index is 0.0229. The highest BCUT2D eigenvalue weighted by Crippen LogP contribution is 2.05. The zero-order valence-electron chi connectivity index (χ0n) is 19.9. The van der Waals surface area contributed by atoms with Crippen LogP contribution in [0.5, 0.6) is 0 Å². The van der Waals surface area contributed by atoms with Crippen molar-refractivity contribution in [3.63, 3.8) is 0 Å². The smallest absolute Gasteiger partial charge is 0.326 e. The molecule has 2 aromatic rings. The Bertz CT molecular complexity index is 1040. The molecule has 0 aliphatic rings. The SMILES string of the molecule is CC(C)C(N)C(=O)NC(Cc1cnc[nH]1)C(=O)NC(CC(N)=O)C(=O)NC(Cc1cnc[nH]1)C(=O)O. The van der Waals surface area contributed by atoms with Gasteiger partial charge in [-0.05, 0) is 5.92 Å². The van der Waals surface area contributed by atoms with Crippen molar-refractivity contribution < 1.29 is 29.1 Å². The molecule has 0 aromatic carbocycles. The zero-order chi connectivity index (χ0) is 26.8. The fourth-order valence-corrected chi connectivity index (χ4v) is 3.17. The first-order valence-corrected chi connectivity index (χ1v) is 11.1. The summed E-state index contributed by atoms with van der Waals surface area (Å²) < 4.78 is 0. The van der Waals surface area contributed by atoms with Gasteiger partial charge in [0.2, 0.25) is 23.6 Å². The number of carboxylic acid groups (broad SMARTS) is 1. The lowest BCUT2D eigenvalue weighted by Crippen LogP contribution is -2.58. The number of primary amides is 1. The fourth-order valence-electron chi connectivity index (χ4n) is 3.17. The Balaban J connectivity index is 2.18. The van der Waals surface area contributed by atoms with Gasteiger partial charge in [-0.25, -0.2) is 14.8 Å². The maximum Gasteiger partial charge on any atom is 0.326 e. The van der Waals surface area contributed by atoms with Crippen LogP contribution in [-0.2, 0) is 36.8 Å². The lowest BCUT2D eigenvalue weighted by atomic mass is 10.0. The van der Waals surface area contributed by atoms with Crippen LogP contribution in [0.25, 0.3) is 0 Å². The molecule has 2 rings (SSSR count). The molecule has 4 unspecified atom stereocenters. The molecule has 0 aliphatic carbocycles. The quantitative estimate of drug-likeness (QED) is 0.133. The second-order valence-electron chi connectivity index (χ2n) is 8.52. The standard InChI is InChI=1S/C21H31N9O6/c1-10(2)17(23)20(34)29-13(3-11-6-24-8-26-11)18(32)28-14(5-16(22)31)19(33)30-15(21(35)36)4-12-7-25-9-27-12/h6-10,13-15,17H,3-5,23H2,1-2H3,(H2,22,31)(H,24,26)(H,25,27)(H,28,32)(H,29,34)(H,30,33)(H,35,36). The van der Waals surface area contributed by atoms with E-state index < -0.39 is 60.2 Å². The van der Waals surface area contributed by atoms with Crippen LogP contribution in [0.3, 0.4) is 0 Å². The average Bonchev–Trinajstić information content (AvgIpc) is 3.50. The minimum Gasteiger partial charge on any atom is -0.480 e. The summed E-state index contributed by atoms with van der Waals surface area (Å²) in [6, 6.07) is -4.97. The summed E-state index contributed by atoms with van der Waals surface area (Å²) in [4.78, 5) is 75.0. The Kier molecular flexibility index (Phi) is 10.1. The monoisotopic (exact) mass is 505 g/mol. The van der Waals surface area contributed by atoms with Gasteiger partial charge in [-0.3, -0.25) is 19.2 Å². The maximum absolute atomic E-state index is 13.1. The third-order valence-corrected chi connectivity index (χ3v) is 5.26. The van der Waals surface area contributed by atoms with E-state index in [1.165, 1.54) is 25.0 Å². The second-order valence-corrected chi connectivity index (χ2v) is 8.52. The molecule has 15 heteroatoms. The molecule has 0 saturated heterocycles. The molecule has 0 aliphatic heterocycles. The van der Waals surface area contributed by atoms with E-state index in [0.717, 1.165) is 0 Å². The highest BCUT2D eigenvalue weighted by molar-refractivity contribution is 5.96. The number of carbonyl (C=O) groups excluding carboxylic acids is 4. The largest absolute Gasteiger partial charge is 0.480 e. The molecule has 0 spiro atoms. The molecule has 15 nitrogen and oxygen atoms in total. The molecule has 0 radical (unpaired) electrons. The maximum atomic E-state index is 13.1. The van der Waals surface area contributed by atoms with Gasteiger partial charge in [-0.1, -0.05) is 13.8 Å². The van der Waals surface area contributed by atoms with Crippen LogP contribution in [0, 0.1) is 5.92 Å². The van der Waals surface area contributed by atoms with Gasteiger partial charge >= 0.3 is 5.97 Å². The number of aromatic nitrogens is 4. The lowest BCUT2D eigenvalue weighted by Gasteiger charge is -2.25. The van der Waals surface area contributed by atoms with Crippen LogP contribution in [0.4, 0.5) is 0 Å². The van der Waals surface area contributed by atoms with E-state index >= 15 is 0 Å². The lowest BCUT2D eigenvalue weighted by molar-refractivity contribution is -0.142. The van der Waals surface area contributed by atoms with Crippen LogP contribution in [0.1, 0.15) is 31.7 Å². The predicted molar refractivity (Wildman–Crippen MR) is 125 cm³/mol. The summed E-state index contributed by atoms with van der Waals surface area (Å²) in [6.07, 6.45) is 4.84. The normalized spacial score (nSPS) is 14.3. The molecule has 0 fully saturated rings. The molecule has 36 heavy (non-hydrogen) atoms. The number of aliphatic carboxylic acids is 1. The molecule has 2 aromatic heterocycles. The average molecular weight is 506 g/mol. The van der Waals surface area contributed by atoms with E-state index in [9.17, 15) is 29.1 Å². The summed E-state index contributed by atoms with van der Waals surface area (Å²) in [5.74, 6) is -4.81. The number of imidazole rings is 2. The number of H-pyrrole nitrogens is 2. The highest BCUT2D eigenvalue weighted by Gasteiger charge is 2.32. The number of nitrogens with two attached hydrogens (primary N) is 2. The van der Waals surface area contributed by atoms with Crippen LogP contribution in [-0.4, -0.2) is 78.8 Å². The Morgan fingerprint density at radius 3 is 1.78 bits per heavy atom. The number of aromatic amines is 2. The molecule has 0 saturated carbocycles. The van der Waals surface area contributed by atoms with Gasteiger partial charge in [0.25, 0.3) is 0 Å². The second kappa shape index (κ2) is 13.0. The van der Waals surface area contributed by atoms with Gasteiger partial charge in [-0.2, -0.15) is 0 Å². The molecule has 196 valence electrons. The van der Waals surface area contributed by atoms with E-state index in [1.807, 2.05) is 0 Å². The first-order valence-electron chi connectivity index (χ1n) is 11.1. The number of carbonyl (C=O) groups is 5. The summed E-state index contributed by atoms with van der Waals surface area (Å²) in [7, 11) is 0. The molecule has 4 atom stereocenters. The van der Waals surface area contributed by atoms with Crippen LogP contribution >= 0.6 is 0 Å². The number of rotatable bonds is 14. The van der Waals surface area contributed by atoms with Gasteiger partial charge in [-0.15, -0.1) is 0 Å². The zero-order valence-corrected chi connectivity index (χ0v) is 19.9. The first kappa shape index (κ1) is 28.0. The highest BCUT2D eigenvalue weighted by atomic mass is 16.4. The van der Waals surface area contributed by atoms with Crippen molar-refractivity contribution in [3.05, 3.63) is 36.4 Å². The van der Waals surface area contributed by atoms with Crippen molar-refractivity contribution in [2.45, 2.75) is 57.3 Å². The van der Waals surface area contributed by atoms with Crippen molar-refractivity contribution in [2.75, 3.05) is 0 Å². The Morgan fingerprint density at radius 1 is 0.861 bits per heavy atom. The van der Waals surface area contributed by atoms with Crippen molar-refractivity contribution in [1.29, 1.82) is 0 Å². The van der Waals surface area contributed by atoms with Crippen molar-refractivity contribution in [1.82, 2.24) is 35.9 Å². The molecule has 10 N–H and O–H groups in total. The Hall–Kier alpha value is -4.27. The summed E-state index contributed by atoms with van der Waals surface area (Å²) in [6.45, 7) is 3.48. The first-order chi connectivity index (χ1) is 17.0. The Morgan fingerprint density at radius 2 is 1.33 bits per heavy atom. The third kappa shape index (κ3) is 8.50. The van der Waals surface area contributed by atoms with E-state index in [4.69, 9.17) is 11.5 Å². The van der Waals surface area contributed by atoms with Gasteiger partial charge in [0.1, 0.15) is 18.1 Å². The fraction of sp³-hybridized carbons (Fsp3) is 0.476. The topological polar surface area (TPSA) is 251 Å². The number of carboxylic acids is 1. The van der Waals surface area contributed by atoms with E-state index in [2.05, 4.69) is 35.9 Å². The summed E-state index contributed by atoms with van der Waals surface area (Å²) in [5.41, 5.74) is 12.1. The van der Waals surface area contributed by atoms with E-state index in [0.29, 0.717) is 11.4 Å². The van der Waals surface area contributed by atoms with Crippen LogP contribution < -0.4 is 27.4 Å². The molecular formula is C21H31N9O6. The molecule has 0 bridgehead atoms. The number of amides is 4. The van der Waals surface area contributed by atoms with Crippen molar-refractivity contribution in [2.24, 2.45) is 17.4 Å². The molecule has 4 amide bonds. The van der Waals surface area contributed by atoms with Crippen molar-refractivity contribution in [3.8, 4) is 0 Å². The van der Waals surface area contributed by atoms with Crippen LogP contribution in [0.2, 0.25) is 0 Å². The number of hydrogen-bond donors (Lipinski definition) is 8. The van der Waals surface area contributed by atoms with E-state index in [1.54, 1.807) is 13.8 Å². The van der Waals surface area contributed by atoms with Gasteiger partial charge in [0.15, 0.2) is 0 Å². The number of hydrogen-bond acceptors (Lipinski definition) is 8. The Labute approximate surface area is 206 Å². The van der Waals surface area contributed by atoms with Gasteiger partial charge in [0.05, 0.1) is 25.1 Å².